The summed E-state index contributed by atoms with van der Waals surface area (Å²) in [6.45, 7) is -0.0829. The summed E-state index contributed by atoms with van der Waals surface area (Å²) in [5.41, 5.74) is 3.00. The molecule has 3 rings (SSSR count). The lowest BCUT2D eigenvalue weighted by Crippen LogP contribution is -2.29. The van der Waals surface area contributed by atoms with Crippen molar-refractivity contribution in [2.45, 2.75) is 6.54 Å². The highest BCUT2D eigenvalue weighted by Crippen LogP contribution is 2.15. The van der Waals surface area contributed by atoms with E-state index in [9.17, 15) is 14.7 Å². The van der Waals surface area contributed by atoms with Crippen molar-refractivity contribution in [2.24, 2.45) is 12.1 Å². The molecule has 0 amide bonds. The Morgan fingerprint density at radius 3 is 2.81 bits per heavy atom. The molecule has 0 saturated heterocycles. The molecule has 3 N–H and O–H groups in total. The first-order chi connectivity index (χ1) is 13.0. The van der Waals surface area contributed by atoms with Crippen molar-refractivity contribution >= 4 is 45.3 Å². The molecule has 0 unspecified atom stereocenters. The summed E-state index contributed by atoms with van der Waals surface area (Å²) in [4.78, 5) is 30.4. The van der Waals surface area contributed by atoms with E-state index in [0.717, 1.165) is 10.0 Å². The van der Waals surface area contributed by atoms with Gasteiger partial charge in [-0.1, -0.05) is 30.3 Å². The molecule has 0 aliphatic heterocycles. The molecule has 0 aliphatic carbocycles. The van der Waals surface area contributed by atoms with Crippen LogP contribution in [0.2, 0.25) is 0 Å². The highest BCUT2D eigenvalue weighted by molar-refractivity contribution is 9.12. The van der Waals surface area contributed by atoms with Gasteiger partial charge in [0.25, 0.3) is 5.56 Å². The number of nitrogens with zero attached hydrogens (tertiary/aromatic N) is 4. The van der Waals surface area contributed by atoms with Gasteiger partial charge in [0, 0.05) is 18.1 Å². The Balaban J connectivity index is 1.93. The smallest absolute Gasteiger partial charge is 0.329 e. The van der Waals surface area contributed by atoms with Gasteiger partial charge in [-0.15, -0.1) is 0 Å². The molecule has 0 spiro atoms. The zero-order valence-corrected chi connectivity index (χ0v) is 16.0. The third-order valence-electron chi connectivity index (χ3n) is 3.79. The first-order valence-corrected chi connectivity index (χ1v) is 8.82. The van der Waals surface area contributed by atoms with E-state index in [-0.39, 0.29) is 30.3 Å². The molecule has 0 atom stereocenters. The number of aryl methyl sites for hydroxylation is 1. The van der Waals surface area contributed by atoms with Crippen LogP contribution in [0.3, 0.4) is 0 Å². The number of halogens is 1. The normalized spacial score (nSPS) is 12.2. The van der Waals surface area contributed by atoms with Crippen LogP contribution in [0.1, 0.15) is 5.56 Å². The molecular weight excluding hydrogens is 416 g/mol. The third kappa shape index (κ3) is 4.07. The second-order valence-corrected chi connectivity index (χ2v) is 6.53. The Morgan fingerprint density at radius 1 is 1.37 bits per heavy atom. The van der Waals surface area contributed by atoms with Gasteiger partial charge in [-0.3, -0.25) is 14.3 Å². The molecule has 0 saturated carbocycles. The SMILES string of the molecule is Cn1c(=O)[nH]c(=O)c2c1nc(NN=C/C(Br)=C/c1ccccc1)n2CCO. The van der Waals surface area contributed by atoms with Crippen LogP contribution in [0.15, 0.2) is 49.5 Å². The summed E-state index contributed by atoms with van der Waals surface area (Å²) in [5, 5.41) is 13.4. The average Bonchev–Trinajstić information content (AvgIpc) is 3.00. The van der Waals surface area contributed by atoms with E-state index in [2.05, 4.69) is 36.4 Å². The van der Waals surface area contributed by atoms with Gasteiger partial charge in [0.2, 0.25) is 5.95 Å². The minimum atomic E-state index is -0.573. The molecule has 10 heteroatoms. The Morgan fingerprint density at radius 2 is 2.11 bits per heavy atom. The largest absolute Gasteiger partial charge is 0.395 e. The predicted molar refractivity (Wildman–Crippen MR) is 108 cm³/mol. The number of anilines is 1. The Hall–Kier alpha value is -2.98. The summed E-state index contributed by atoms with van der Waals surface area (Å²) in [7, 11) is 1.50. The number of nitrogens with one attached hydrogen (secondary N) is 2. The van der Waals surface area contributed by atoms with Crippen LogP contribution in [0.25, 0.3) is 17.2 Å². The van der Waals surface area contributed by atoms with Crippen molar-refractivity contribution in [3.05, 3.63) is 61.2 Å². The number of aliphatic hydroxyl groups excluding tert-OH is 1. The maximum Gasteiger partial charge on any atom is 0.329 e. The van der Waals surface area contributed by atoms with Crippen LogP contribution in [-0.2, 0) is 13.6 Å². The van der Waals surface area contributed by atoms with E-state index in [0.29, 0.717) is 0 Å². The van der Waals surface area contributed by atoms with Crippen molar-refractivity contribution in [1.29, 1.82) is 0 Å². The van der Waals surface area contributed by atoms with Crippen LogP contribution >= 0.6 is 15.9 Å². The lowest BCUT2D eigenvalue weighted by molar-refractivity contribution is 0.278. The Labute approximate surface area is 161 Å². The second-order valence-electron chi connectivity index (χ2n) is 5.61. The summed E-state index contributed by atoms with van der Waals surface area (Å²) in [6, 6.07) is 9.70. The van der Waals surface area contributed by atoms with Gasteiger partial charge in [0.15, 0.2) is 11.2 Å². The number of benzene rings is 1. The van der Waals surface area contributed by atoms with E-state index in [1.165, 1.54) is 16.2 Å². The number of fused-ring (bicyclic) bond motifs is 1. The fourth-order valence-electron chi connectivity index (χ4n) is 2.54. The van der Waals surface area contributed by atoms with Crippen molar-refractivity contribution in [3.63, 3.8) is 0 Å². The lowest BCUT2D eigenvalue weighted by atomic mass is 10.2. The van der Waals surface area contributed by atoms with E-state index in [1.807, 2.05) is 36.4 Å². The van der Waals surface area contributed by atoms with Crippen LogP contribution in [0, 0.1) is 0 Å². The minimum Gasteiger partial charge on any atom is -0.395 e. The second kappa shape index (κ2) is 8.14. The molecule has 0 fully saturated rings. The van der Waals surface area contributed by atoms with Gasteiger partial charge in [-0.25, -0.2) is 10.2 Å². The van der Waals surface area contributed by atoms with Gasteiger partial charge in [-0.2, -0.15) is 10.1 Å². The number of allylic oxidation sites excluding steroid dienone is 1. The molecule has 1 aromatic carbocycles. The number of imidazole rings is 1. The summed E-state index contributed by atoms with van der Waals surface area (Å²) in [5.74, 6) is 0.238. The summed E-state index contributed by atoms with van der Waals surface area (Å²) in [6.07, 6.45) is 3.43. The van der Waals surface area contributed by atoms with Crippen molar-refractivity contribution in [3.8, 4) is 0 Å². The quantitative estimate of drug-likeness (QED) is 0.400. The number of hydrogen-bond donors (Lipinski definition) is 3. The van der Waals surface area contributed by atoms with E-state index >= 15 is 0 Å². The van der Waals surface area contributed by atoms with Gasteiger partial charge >= 0.3 is 5.69 Å². The fraction of sp³-hybridized carbons (Fsp3) is 0.176. The van der Waals surface area contributed by atoms with Crippen molar-refractivity contribution in [1.82, 2.24) is 19.1 Å². The zero-order chi connectivity index (χ0) is 19.4. The molecular formula is C17H17BrN6O3. The minimum absolute atomic E-state index is 0.122. The number of rotatable bonds is 6. The standard InChI is InChI=1S/C17H17BrN6O3/c1-23-14-13(15(26)21-17(23)27)24(7-8-25)16(20-14)22-19-10-12(18)9-11-5-3-2-4-6-11/h2-6,9-10,25H,7-8H2,1H3,(H,20,22)(H,21,26,27)/b12-9-,19-10?. The van der Waals surface area contributed by atoms with Crippen molar-refractivity contribution in [2.75, 3.05) is 12.0 Å². The molecule has 0 aliphatic rings. The lowest BCUT2D eigenvalue weighted by Gasteiger charge is -2.05. The average molecular weight is 433 g/mol. The number of hydrazone groups is 1. The first-order valence-electron chi connectivity index (χ1n) is 8.03. The number of aliphatic hydroxyl groups is 1. The van der Waals surface area contributed by atoms with Crippen molar-refractivity contribution < 1.29 is 5.11 Å². The molecule has 0 bridgehead atoms. The third-order valence-corrected chi connectivity index (χ3v) is 4.22. The van der Waals surface area contributed by atoms with Crippen LogP contribution < -0.4 is 16.7 Å². The van der Waals surface area contributed by atoms with Gasteiger partial charge in [0.05, 0.1) is 12.8 Å². The van der Waals surface area contributed by atoms with Crippen LogP contribution in [0.4, 0.5) is 5.95 Å². The Bertz CT molecular complexity index is 1130. The van der Waals surface area contributed by atoms with Gasteiger partial charge in [-0.05, 0) is 27.6 Å². The summed E-state index contributed by atoms with van der Waals surface area (Å²) < 4.78 is 3.42. The molecule has 27 heavy (non-hydrogen) atoms. The molecule has 2 heterocycles. The topological polar surface area (TPSA) is 117 Å². The number of H-pyrrole nitrogens is 1. The number of aromatic amines is 1. The number of aromatic nitrogens is 4. The summed E-state index contributed by atoms with van der Waals surface area (Å²) >= 11 is 3.41. The van der Waals surface area contributed by atoms with E-state index < -0.39 is 11.2 Å². The predicted octanol–water partition coefficient (Wildman–Crippen LogP) is 1.25. The molecule has 2 aromatic heterocycles. The maximum atomic E-state index is 12.2. The maximum absolute atomic E-state index is 12.2. The highest BCUT2D eigenvalue weighted by atomic mass is 79.9. The van der Waals surface area contributed by atoms with Gasteiger partial charge in [0.1, 0.15) is 0 Å². The highest BCUT2D eigenvalue weighted by Gasteiger charge is 2.16. The zero-order valence-electron chi connectivity index (χ0n) is 14.4. The van der Waals surface area contributed by atoms with E-state index in [1.54, 1.807) is 6.21 Å². The van der Waals surface area contributed by atoms with Crippen LogP contribution in [0.5, 0.6) is 0 Å². The van der Waals surface area contributed by atoms with E-state index in [4.69, 9.17) is 0 Å². The van der Waals surface area contributed by atoms with Crippen LogP contribution in [-0.4, -0.2) is 37.0 Å². The molecule has 140 valence electrons. The molecule has 9 nitrogen and oxygen atoms in total. The molecule has 0 radical (unpaired) electrons. The molecule has 3 aromatic rings. The fourth-order valence-corrected chi connectivity index (χ4v) is 2.90. The first kappa shape index (κ1) is 18.8. The number of hydrogen-bond acceptors (Lipinski definition) is 6. The Kier molecular flexibility index (Phi) is 5.67. The van der Waals surface area contributed by atoms with Gasteiger partial charge < -0.3 is 9.67 Å². The monoisotopic (exact) mass is 432 g/mol.